The lowest BCUT2D eigenvalue weighted by molar-refractivity contribution is 0.102. The molecular formula is C18H20N2O. The summed E-state index contributed by atoms with van der Waals surface area (Å²) in [5.41, 5.74) is 6.36. The Labute approximate surface area is 125 Å². The first-order valence-corrected chi connectivity index (χ1v) is 7.39. The molecule has 1 aliphatic rings. The number of nitrogens with one attached hydrogen (secondary N) is 2. The molecule has 3 nitrogen and oxygen atoms in total. The van der Waals surface area contributed by atoms with E-state index in [4.69, 9.17) is 0 Å². The van der Waals surface area contributed by atoms with Crippen molar-refractivity contribution >= 4 is 17.3 Å². The van der Waals surface area contributed by atoms with Gasteiger partial charge in [-0.05, 0) is 73.7 Å². The summed E-state index contributed by atoms with van der Waals surface area (Å²) < 4.78 is 0. The lowest BCUT2D eigenvalue weighted by Crippen LogP contribution is -2.15. The largest absolute Gasteiger partial charge is 0.385 e. The van der Waals surface area contributed by atoms with Gasteiger partial charge in [0, 0.05) is 23.5 Å². The number of anilines is 2. The van der Waals surface area contributed by atoms with Crippen molar-refractivity contribution in [1.29, 1.82) is 0 Å². The third kappa shape index (κ3) is 2.92. The van der Waals surface area contributed by atoms with E-state index in [-0.39, 0.29) is 5.91 Å². The molecular weight excluding hydrogens is 260 g/mol. The van der Waals surface area contributed by atoms with Gasteiger partial charge in [0.05, 0.1) is 0 Å². The van der Waals surface area contributed by atoms with Crippen molar-refractivity contribution in [2.45, 2.75) is 26.7 Å². The Balaban J connectivity index is 1.79. The van der Waals surface area contributed by atoms with Crippen LogP contribution in [0.1, 0.15) is 33.5 Å². The highest BCUT2D eigenvalue weighted by molar-refractivity contribution is 6.04. The van der Waals surface area contributed by atoms with Gasteiger partial charge in [-0.25, -0.2) is 0 Å². The third-order valence-electron chi connectivity index (χ3n) is 4.07. The number of benzene rings is 2. The van der Waals surface area contributed by atoms with Gasteiger partial charge in [-0.2, -0.15) is 0 Å². The molecule has 0 fully saturated rings. The SMILES string of the molecule is Cc1ccc(C(=O)Nc2ccc3c(c2)CCCN3)cc1C. The van der Waals surface area contributed by atoms with Crippen molar-refractivity contribution in [1.82, 2.24) is 0 Å². The van der Waals surface area contributed by atoms with Gasteiger partial charge >= 0.3 is 0 Å². The van der Waals surface area contributed by atoms with E-state index < -0.39 is 0 Å². The van der Waals surface area contributed by atoms with Crippen molar-refractivity contribution in [3.8, 4) is 0 Å². The number of carbonyl (C=O) groups excluding carboxylic acids is 1. The first-order valence-electron chi connectivity index (χ1n) is 7.39. The molecule has 1 aliphatic heterocycles. The van der Waals surface area contributed by atoms with Crippen molar-refractivity contribution < 1.29 is 4.79 Å². The van der Waals surface area contributed by atoms with Crippen LogP contribution in [-0.2, 0) is 6.42 Å². The molecule has 0 radical (unpaired) electrons. The Morgan fingerprint density at radius 3 is 2.76 bits per heavy atom. The van der Waals surface area contributed by atoms with Crippen LogP contribution < -0.4 is 10.6 Å². The summed E-state index contributed by atoms with van der Waals surface area (Å²) >= 11 is 0. The lowest BCUT2D eigenvalue weighted by Gasteiger charge is -2.18. The molecule has 2 aromatic carbocycles. The number of hydrogen-bond acceptors (Lipinski definition) is 2. The fourth-order valence-electron chi connectivity index (χ4n) is 2.64. The van der Waals surface area contributed by atoms with Crippen molar-refractivity contribution in [2.24, 2.45) is 0 Å². The highest BCUT2D eigenvalue weighted by Crippen LogP contribution is 2.25. The molecule has 1 amide bonds. The number of fused-ring (bicyclic) bond motifs is 1. The molecule has 0 saturated heterocycles. The second-order valence-electron chi connectivity index (χ2n) is 5.66. The smallest absolute Gasteiger partial charge is 0.255 e. The van der Waals surface area contributed by atoms with Gasteiger partial charge in [0.1, 0.15) is 0 Å². The molecule has 0 saturated carbocycles. The zero-order chi connectivity index (χ0) is 14.8. The Morgan fingerprint density at radius 2 is 1.95 bits per heavy atom. The average Bonchev–Trinajstić information content (AvgIpc) is 2.50. The molecule has 0 aliphatic carbocycles. The van der Waals surface area contributed by atoms with Crippen LogP contribution in [0.3, 0.4) is 0 Å². The minimum absolute atomic E-state index is 0.0539. The van der Waals surface area contributed by atoms with E-state index in [1.807, 2.05) is 44.2 Å². The quantitative estimate of drug-likeness (QED) is 0.875. The van der Waals surface area contributed by atoms with Crippen molar-refractivity contribution in [2.75, 3.05) is 17.2 Å². The Bertz CT molecular complexity index is 692. The first-order chi connectivity index (χ1) is 10.1. The van der Waals surface area contributed by atoms with Crippen LogP contribution in [0.25, 0.3) is 0 Å². The van der Waals surface area contributed by atoms with Crippen LogP contribution >= 0.6 is 0 Å². The number of amides is 1. The maximum Gasteiger partial charge on any atom is 0.255 e. The Morgan fingerprint density at radius 1 is 1.10 bits per heavy atom. The Kier molecular flexibility index (Phi) is 3.65. The van der Waals surface area contributed by atoms with Crippen LogP contribution in [0.15, 0.2) is 36.4 Å². The highest BCUT2D eigenvalue weighted by Gasteiger charge is 2.11. The molecule has 0 unspecified atom stereocenters. The van der Waals surface area contributed by atoms with Gasteiger partial charge in [-0.15, -0.1) is 0 Å². The number of aryl methyl sites for hydroxylation is 3. The molecule has 1 heterocycles. The zero-order valence-electron chi connectivity index (χ0n) is 12.5. The normalized spacial score (nSPS) is 13.2. The summed E-state index contributed by atoms with van der Waals surface area (Å²) in [5, 5.41) is 6.36. The summed E-state index contributed by atoms with van der Waals surface area (Å²) in [5.74, 6) is -0.0539. The van der Waals surface area contributed by atoms with Crippen molar-refractivity contribution in [3.05, 3.63) is 58.7 Å². The molecule has 21 heavy (non-hydrogen) atoms. The topological polar surface area (TPSA) is 41.1 Å². The van der Waals surface area contributed by atoms with Gasteiger partial charge in [0.25, 0.3) is 5.91 Å². The molecule has 0 bridgehead atoms. The maximum absolute atomic E-state index is 12.3. The molecule has 108 valence electrons. The van der Waals surface area contributed by atoms with Gasteiger partial charge in [0.15, 0.2) is 0 Å². The van der Waals surface area contributed by atoms with Crippen LogP contribution in [0.4, 0.5) is 11.4 Å². The number of hydrogen-bond donors (Lipinski definition) is 2. The minimum atomic E-state index is -0.0539. The molecule has 2 N–H and O–H groups in total. The van der Waals surface area contributed by atoms with E-state index in [1.165, 1.54) is 16.8 Å². The predicted octanol–water partition coefficient (Wildman–Crippen LogP) is 3.91. The molecule has 0 atom stereocenters. The molecule has 3 rings (SSSR count). The van der Waals surface area contributed by atoms with E-state index in [9.17, 15) is 4.79 Å². The van der Waals surface area contributed by atoms with E-state index in [0.29, 0.717) is 5.56 Å². The van der Waals surface area contributed by atoms with Crippen molar-refractivity contribution in [3.63, 3.8) is 0 Å². The van der Waals surface area contributed by atoms with E-state index in [0.717, 1.165) is 30.6 Å². The standard InChI is InChI=1S/C18H20N2O/c1-12-5-6-15(10-13(12)2)18(21)20-16-7-8-17-14(11-16)4-3-9-19-17/h5-8,10-11,19H,3-4,9H2,1-2H3,(H,20,21). The van der Waals surface area contributed by atoms with Crippen LogP contribution in [-0.4, -0.2) is 12.5 Å². The summed E-state index contributed by atoms with van der Waals surface area (Å²) in [6.07, 6.45) is 2.21. The van der Waals surface area contributed by atoms with Crippen LogP contribution in [0.2, 0.25) is 0 Å². The third-order valence-corrected chi connectivity index (χ3v) is 4.07. The summed E-state index contributed by atoms with van der Waals surface area (Å²) in [6, 6.07) is 11.9. The first kappa shape index (κ1) is 13.7. The van der Waals surface area contributed by atoms with Crippen LogP contribution in [0, 0.1) is 13.8 Å². The lowest BCUT2D eigenvalue weighted by atomic mass is 10.0. The monoisotopic (exact) mass is 280 g/mol. The second-order valence-corrected chi connectivity index (χ2v) is 5.66. The van der Waals surface area contributed by atoms with E-state index in [2.05, 4.69) is 16.7 Å². The fourth-order valence-corrected chi connectivity index (χ4v) is 2.64. The maximum atomic E-state index is 12.3. The molecule has 0 aromatic heterocycles. The summed E-state index contributed by atoms with van der Waals surface area (Å²) in [6.45, 7) is 5.10. The minimum Gasteiger partial charge on any atom is -0.385 e. The van der Waals surface area contributed by atoms with Gasteiger partial charge in [-0.1, -0.05) is 6.07 Å². The number of carbonyl (C=O) groups is 1. The fraction of sp³-hybridized carbons (Fsp3) is 0.278. The second kappa shape index (κ2) is 5.60. The summed E-state index contributed by atoms with van der Waals surface area (Å²) in [7, 11) is 0. The molecule has 2 aromatic rings. The average molecular weight is 280 g/mol. The summed E-state index contributed by atoms with van der Waals surface area (Å²) in [4.78, 5) is 12.3. The molecule has 0 spiro atoms. The van der Waals surface area contributed by atoms with E-state index in [1.54, 1.807) is 0 Å². The Hall–Kier alpha value is -2.29. The van der Waals surface area contributed by atoms with Crippen LogP contribution in [0.5, 0.6) is 0 Å². The number of rotatable bonds is 2. The van der Waals surface area contributed by atoms with Gasteiger partial charge < -0.3 is 10.6 Å². The zero-order valence-corrected chi connectivity index (χ0v) is 12.5. The van der Waals surface area contributed by atoms with Gasteiger partial charge in [-0.3, -0.25) is 4.79 Å². The van der Waals surface area contributed by atoms with E-state index >= 15 is 0 Å². The van der Waals surface area contributed by atoms with Gasteiger partial charge in [0.2, 0.25) is 0 Å². The highest BCUT2D eigenvalue weighted by atomic mass is 16.1. The molecule has 3 heteroatoms. The predicted molar refractivity (Wildman–Crippen MR) is 87.1 cm³/mol.